The topological polar surface area (TPSA) is 88.7 Å². The van der Waals surface area contributed by atoms with Gasteiger partial charge in [-0.1, -0.05) is 17.7 Å². The first-order valence-electron chi connectivity index (χ1n) is 5.63. The molecule has 0 unspecified atom stereocenters. The normalized spacial score (nSPS) is 12.8. The summed E-state index contributed by atoms with van der Waals surface area (Å²) in [6.45, 7) is 1.83. The van der Waals surface area contributed by atoms with Crippen molar-refractivity contribution in [1.29, 1.82) is 0 Å². The van der Waals surface area contributed by atoms with Crippen LogP contribution in [0.3, 0.4) is 0 Å². The molecule has 1 N–H and O–H groups in total. The van der Waals surface area contributed by atoms with Gasteiger partial charge in [0.2, 0.25) is 5.03 Å². The zero-order chi connectivity index (χ0) is 14.8. The van der Waals surface area contributed by atoms with Gasteiger partial charge in [0.25, 0.3) is 0 Å². The number of sulfonamides is 1. The summed E-state index contributed by atoms with van der Waals surface area (Å²) in [7, 11) is -2.44. The molecule has 2 rings (SSSR count). The zero-order valence-corrected chi connectivity index (χ0v) is 12.4. The van der Waals surface area contributed by atoms with Crippen LogP contribution < -0.4 is 5.32 Å². The number of hydrogen-bond donors (Lipinski definition) is 1. The van der Waals surface area contributed by atoms with Crippen molar-refractivity contribution < 1.29 is 8.42 Å². The Kier molecular flexibility index (Phi) is 4.05. The number of nitrogens with one attached hydrogen (secondary N) is 1. The maximum absolute atomic E-state index is 12.1. The Bertz CT molecular complexity index is 794. The van der Waals surface area contributed by atoms with E-state index in [1.807, 2.05) is 6.92 Å². The summed E-state index contributed by atoms with van der Waals surface area (Å²) >= 11 is 5.90. The molecule has 0 amide bonds. The van der Waals surface area contributed by atoms with Gasteiger partial charge >= 0.3 is 10.0 Å². The van der Waals surface area contributed by atoms with Crippen molar-refractivity contribution in [2.45, 2.75) is 11.9 Å². The summed E-state index contributed by atoms with van der Waals surface area (Å²) in [6, 6.07) is 3.35. The Labute approximate surface area is 121 Å². The van der Waals surface area contributed by atoms with Gasteiger partial charge in [0.1, 0.15) is 6.34 Å². The molecule has 2 aromatic rings. The molecule has 7 nitrogen and oxygen atoms in total. The average Bonchev–Trinajstić information content (AvgIpc) is 2.73. The van der Waals surface area contributed by atoms with E-state index >= 15 is 0 Å². The molecule has 9 heteroatoms. The summed E-state index contributed by atoms with van der Waals surface area (Å²) in [5.41, 5.74) is 0.921. The molecule has 0 aliphatic rings. The maximum Gasteiger partial charge on any atom is 0.304 e. The molecule has 0 radical (unpaired) electrons. The van der Waals surface area contributed by atoms with Crippen LogP contribution in [0, 0.1) is 0 Å². The predicted octanol–water partition coefficient (Wildman–Crippen LogP) is 1.35. The first kappa shape index (κ1) is 14.5. The predicted molar refractivity (Wildman–Crippen MR) is 77.4 cm³/mol. The van der Waals surface area contributed by atoms with Crippen LogP contribution in [0.25, 0.3) is 11.7 Å². The van der Waals surface area contributed by atoms with Crippen LogP contribution in [-0.2, 0) is 10.0 Å². The van der Waals surface area contributed by atoms with Crippen molar-refractivity contribution in [3.63, 3.8) is 0 Å². The van der Waals surface area contributed by atoms with E-state index in [1.165, 1.54) is 11.6 Å². The number of nitrogens with zero attached hydrogens (tertiary/aromatic N) is 4. The lowest BCUT2D eigenvalue weighted by molar-refractivity contribution is 0.590. The number of halogens is 1. The molecule has 0 atom stereocenters. The lowest BCUT2D eigenvalue weighted by Crippen LogP contribution is -2.09. The van der Waals surface area contributed by atoms with Gasteiger partial charge in [-0.25, -0.2) is 4.98 Å². The van der Waals surface area contributed by atoms with Crippen LogP contribution in [0.1, 0.15) is 12.6 Å². The van der Waals surface area contributed by atoms with Crippen molar-refractivity contribution in [3.05, 3.63) is 29.1 Å². The van der Waals surface area contributed by atoms with Crippen molar-refractivity contribution >= 4 is 39.7 Å². The lowest BCUT2D eigenvalue weighted by atomic mass is 10.3. The number of aromatic nitrogens is 3. The Hall–Kier alpha value is -1.93. The minimum atomic E-state index is -3.98. The fourth-order valence-electron chi connectivity index (χ4n) is 1.55. The molecular weight excluding hydrogens is 302 g/mol. The Morgan fingerprint density at radius 3 is 2.85 bits per heavy atom. The number of fused-ring (bicyclic) bond motifs is 1. The van der Waals surface area contributed by atoms with Gasteiger partial charge in [-0.2, -0.15) is 18.0 Å². The van der Waals surface area contributed by atoms with Gasteiger partial charge in [-0.15, -0.1) is 4.40 Å². The van der Waals surface area contributed by atoms with E-state index in [2.05, 4.69) is 19.8 Å². The molecule has 20 heavy (non-hydrogen) atoms. The van der Waals surface area contributed by atoms with Gasteiger partial charge in [0, 0.05) is 7.05 Å². The molecule has 2 aromatic heterocycles. The summed E-state index contributed by atoms with van der Waals surface area (Å²) in [5.74, 6) is 0. The molecule has 0 saturated heterocycles. The van der Waals surface area contributed by atoms with Crippen LogP contribution in [0.5, 0.6) is 0 Å². The SMILES string of the molecule is CC=Cc1ccc2nc(Cl)c(S(=O)(=O)/N=C/NC)n2n1. The summed E-state index contributed by atoms with van der Waals surface area (Å²) in [6.07, 6.45) is 4.58. The van der Waals surface area contributed by atoms with E-state index in [0.717, 1.165) is 6.34 Å². The second kappa shape index (κ2) is 5.59. The van der Waals surface area contributed by atoms with Crippen molar-refractivity contribution in [2.75, 3.05) is 7.05 Å². The van der Waals surface area contributed by atoms with E-state index in [9.17, 15) is 8.42 Å². The third kappa shape index (κ3) is 2.66. The molecule has 0 spiro atoms. The summed E-state index contributed by atoms with van der Waals surface area (Å²) in [4.78, 5) is 3.96. The van der Waals surface area contributed by atoms with Crippen LogP contribution in [0.2, 0.25) is 5.15 Å². The van der Waals surface area contributed by atoms with E-state index < -0.39 is 10.0 Å². The maximum atomic E-state index is 12.1. The van der Waals surface area contributed by atoms with E-state index in [-0.39, 0.29) is 10.2 Å². The molecule has 0 aliphatic carbocycles. The molecule has 0 saturated carbocycles. The Morgan fingerprint density at radius 2 is 2.20 bits per heavy atom. The summed E-state index contributed by atoms with van der Waals surface area (Å²) in [5, 5.41) is 6.26. The van der Waals surface area contributed by atoms with Crippen molar-refractivity contribution in [3.8, 4) is 0 Å². The first-order chi connectivity index (χ1) is 9.49. The zero-order valence-electron chi connectivity index (χ0n) is 10.8. The van der Waals surface area contributed by atoms with E-state index in [0.29, 0.717) is 11.3 Å². The monoisotopic (exact) mass is 313 g/mol. The van der Waals surface area contributed by atoms with E-state index in [1.54, 1.807) is 24.3 Å². The van der Waals surface area contributed by atoms with Crippen LogP contribution in [0.4, 0.5) is 0 Å². The highest BCUT2D eigenvalue weighted by atomic mass is 35.5. The van der Waals surface area contributed by atoms with Crippen LogP contribution in [-0.4, -0.2) is 36.4 Å². The fourth-order valence-corrected chi connectivity index (χ4v) is 2.96. The van der Waals surface area contributed by atoms with Gasteiger partial charge < -0.3 is 5.32 Å². The highest BCUT2D eigenvalue weighted by Crippen LogP contribution is 2.23. The fraction of sp³-hybridized carbons (Fsp3) is 0.182. The molecule has 0 aromatic carbocycles. The summed E-state index contributed by atoms with van der Waals surface area (Å²) < 4.78 is 28.8. The quantitative estimate of drug-likeness (QED) is 0.680. The van der Waals surface area contributed by atoms with Gasteiger partial charge in [0.15, 0.2) is 10.8 Å². The molecule has 2 heterocycles. The first-order valence-corrected chi connectivity index (χ1v) is 7.45. The van der Waals surface area contributed by atoms with Crippen molar-refractivity contribution in [2.24, 2.45) is 4.40 Å². The van der Waals surface area contributed by atoms with Gasteiger partial charge in [0.05, 0.1) is 5.69 Å². The highest BCUT2D eigenvalue weighted by Gasteiger charge is 2.24. The molecular formula is C11H12ClN5O2S. The van der Waals surface area contributed by atoms with Gasteiger partial charge in [-0.05, 0) is 25.1 Å². The second-order valence-corrected chi connectivity index (χ2v) is 5.64. The average molecular weight is 314 g/mol. The third-order valence-electron chi connectivity index (χ3n) is 2.32. The lowest BCUT2D eigenvalue weighted by Gasteiger charge is -2.00. The van der Waals surface area contributed by atoms with Crippen molar-refractivity contribution in [1.82, 2.24) is 19.9 Å². The smallest absolute Gasteiger partial charge is 0.304 e. The highest BCUT2D eigenvalue weighted by molar-refractivity contribution is 7.90. The number of imidazole rings is 1. The standard InChI is InChI=1S/C11H12ClN5O2S/c1-3-4-8-5-6-9-15-10(12)11(17(9)16-8)20(18,19)14-7-13-2/h3-7H,1-2H3,(H,13,14). The number of allylic oxidation sites excluding steroid dienone is 1. The molecule has 0 fully saturated rings. The second-order valence-electron chi connectivity index (χ2n) is 3.73. The Balaban J connectivity index is 2.72. The van der Waals surface area contributed by atoms with Crippen LogP contribution >= 0.6 is 11.6 Å². The molecule has 0 aliphatic heterocycles. The molecule has 106 valence electrons. The van der Waals surface area contributed by atoms with E-state index in [4.69, 9.17) is 11.6 Å². The minimum absolute atomic E-state index is 0.164. The van der Waals surface area contributed by atoms with Crippen LogP contribution in [0.15, 0.2) is 27.6 Å². The molecule has 0 bridgehead atoms. The van der Waals surface area contributed by atoms with Gasteiger partial charge in [-0.3, -0.25) is 0 Å². The Morgan fingerprint density at radius 1 is 1.45 bits per heavy atom. The number of rotatable bonds is 4. The largest absolute Gasteiger partial charge is 0.378 e. The minimum Gasteiger partial charge on any atom is -0.378 e. The number of hydrogen-bond acceptors (Lipinski definition) is 4. The third-order valence-corrected chi connectivity index (χ3v) is 3.93.